The van der Waals surface area contributed by atoms with Crippen LogP contribution in [0.25, 0.3) is 0 Å². The minimum Gasteiger partial charge on any atom is -0.343 e. The number of nitrogens with one attached hydrogen (secondary N) is 1. The number of nitrogens with zero attached hydrogens (tertiary/aromatic N) is 1. The summed E-state index contributed by atoms with van der Waals surface area (Å²) in [6.07, 6.45) is 1.82. The van der Waals surface area contributed by atoms with Crippen LogP contribution < -0.4 is 5.32 Å². The average molecular weight is 344 g/mol. The SMILES string of the molecule is O=C(NCC(=O)N(Cc1ccc(F)cc1)C1CC1)c1ccccc1F. The molecule has 6 heteroatoms. The molecule has 4 nitrogen and oxygen atoms in total. The monoisotopic (exact) mass is 344 g/mol. The predicted molar refractivity (Wildman–Crippen MR) is 88.7 cm³/mol. The zero-order chi connectivity index (χ0) is 17.8. The first-order valence-electron chi connectivity index (χ1n) is 8.11. The molecule has 1 fully saturated rings. The molecule has 1 aliphatic carbocycles. The summed E-state index contributed by atoms with van der Waals surface area (Å²) >= 11 is 0. The minimum atomic E-state index is -0.627. The van der Waals surface area contributed by atoms with Crippen LogP contribution in [0.2, 0.25) is 0 Å². The van der Waals surface area contributed by atoms with E-state index in [0.717, 1.165) is 18.4 Å². The molecule has 0 radical (unpaired) electrons. The second-order valence-corrected chi connectivity index (χ2v) is 6.04. The highest BCUT2D eigenvalue weighted by Gasteiger charge is 2.32. The van der Waals surface area contributed by atoms with Crippen molar-refractivity contribution >= 4 is 11.8 Å². The van der Waals surface area contributed by atoms with Gasteiger partial charge in [0.1, 0.15) is 11.6 Å². The topological polar surface area (TPSA) is 49.4 Å². The molecule has 1 aliphatic rings. The Labute approximate surface area is 144 Å². The molecule has 1 N–H and O–H groups in total. The molecule has 3 rings (SSSR count). The molecular formula is C19H18F2N2O2. The van der Waals surface area contributed by atoms with E-state index in [9.17, 15) is 18.4 Å². The van der Waals surface area contributed by atoms with Gasteiger partial charge in [0, 0.05) is 12.6 Å². The second kappa shape index (κ2) is 7.42. The fourth-order valence-electron chi connectivity index (χ4n) is 2.59. The standard InChI is InChI=1S/C19H18F2N2O2/c20-14-7-5-13(6-8-14)12-23(15-9-10-15)18(24)11-22-19(25)16-3-1-2-4-17(16)21/h1-8,15H,9-12H2,(H,22,25). The third-order valence-electron chi connectivity index (χ3n) is 4.09. The van der Waals surface area contributed by atoms with Crippen molar-refractivity contribution in [1.82, 2.24) is 10.2 Å². The summed E-state index contributed by atoms with van der Waals surface area (Å²) in [6, 6.07) is 11.7. The Morgan fingerprint density at radius 3 is 2.36 bits per heavy atom. The van der Waals surface area contributed by atoms with Gasteiger partial charge in [-0.05, 0) is 42.7 Å². The lowest BCUT2D eigenvalue weighted by Crippen LogP contribution is -2.41. The van der Waals surface area contributed by atoms with Crippen molar-refractivity contribution < 1.29 is 18.4 Å². The van der Waals surface area contributed by atoms with E-state index in [-0.39, 0.29) is 29.9 Å². The first kappa shape index (κ1) is 17.1. The van der Waals surface area contributed by atoms with Gasteiger partial charge in [0.15, 0.2) is 0 Å². The maximum atomic E-state index is 13.6. The lowest BCUT2D eigenvalue weighted by molar-refractivity contribution is -0.131. The molecule has 2 amide bonds. The average Bonchev–Trinajstić information content (AvgIpc) is 3.44. The van der Waals surface area contributed by atoms with E-state index >= 15 is 0 Å². The summed E-state index contributed by atoms with van der Waals surface area (Å²) in [5.41, 5.74) is 0.730. The largest absolute Gasteiger partial charge is 0.343 e. The Kier molecular flexibility index (Phi) is 5.07. The number of carbonyl (C=O) groups excluding carboxylic acids is 2. The Balaban J connectivity index is 1.60. The number of rotatable bonds is 6. The number of halogens is 2. The molecule has 0 bridgehead atoms. The van der Waals surface area contributed by atoms with Crippen LogP contribution in [0.5, 0.6) is 0 Å². The Morgan fingerprint density at radius 2 is 1.72 bits per heavy atom. The van der Waals surface area contributed by atoms with E-state index in [4.69, 9.17) is 0 Å². The van der Waals surface area contributed by atoms with Crippen molar-refractivity contribution in [3.8, 4) is 0 Å². The van der Waals surface area contributed by atoms with Gasteiger partial charge in [0.05, 0.1) is 12.1 Å². The smallest absolute Gasteiger partial charge is 0.254 e. The Hall–Kier alpha value is -2.76. The maximum absolute atomic E-state index is 13.6. The van der Waals surface area contributed by atoms with E-state index in [0.29, 0.717) is 6.54 Å². The molecule has 0 unspecified atom stereocenters. The van der Waals surface area contributed by atoms with E-state index in [1.54, 1.807) is 23.1 Å². The van der Waals surface area contributed by atoms with Gasteiger partial charge < -0.3 is 10.2 Å². The van der Waals surface area contributed by atoms with Crippen molar-refractivity contribution in [3.05, 3.63) is 71.3 Å². The number of benzene rings is 2. The quantitative estimate of drug-likeness (QED) is 0.876. The number of hydrogen-bond donors (Lipinski definition) is 1. The zero-order valence-corrected chi connectivity index (χ0v) is 13.5. The molecule has 0 atom stereocenters. The van der Waals surface area contributed by atoms with Crippen LogP contribution in [0.1, 0.15) is 28.8 Å². The highest BCUT2D eigenvalue weighted by atomic mass is 19.1. The van der Waals surface area contributed by atoms with Crippen LogP contribution in [-0.4, -0.2) is 29.3 Å². The molecule has 0 saturated heterocycles. The van der Waals surface area contributed by atoms with Crippen LogP contribution in [0.3, 0.4) is 0 Å². The fourth-order valence-corrected chi connectivity index (χ4v) is 2.59. The van der Waals surface area contributed by atoms with Gasteiger partial charge in [0.2, 0.25) is 5.91 Å². The minimum absolute atomic E-state index is 0.0909. The molecule has 0 spiro atoms. The first-order chi connectivity index (χ1) is 12.0. The van der Waals surface area contributed by atoms with Crippen molar-refractivity contribution in [2.24, 2.45) is 0 Å². The number of carbonyl (C=O) groups is 2. The molecule has 0 heterocycles. The van der Waals surface area contributed by atoms with Gasteiger partial charge >= 0.3 is 0 Å². The van der Waals surface area contributed by atoms with Crippen molar-refractivity contribution in [2.45, 2.75) is 25.4 Å². The molecule has 2 aromatic rings. The lowest BCUT2D eigenvalue weighted by Gasteiger charge is -2.23. The van der Waals surface area contributed by atoms with E-state index < -0.39 is 11.7 Å². The Morgan fingerprint density at radius 1 is 1.04 bits per heavy atom. The molecule has 130 valence electrons. The van der Waals surface area contributed by atoms with Gasteiger partial charge in [-0.25, -0.2) is 8.78 Å². The van der Waals surface area contributed by atoms with Crippen molar-refractivity contribution in [2.75, 3.05) is 6.54 Å². The zero-order valence-electron chi connectivity index (χ0n) is 13.5. The summed E-state index contributed by atoms with van der Waals surface area (Å²) in [7, 11) is 0. The van der Waals surface area contributed by atoms with Crippen LogP contribution >= 0.6 is 0 Å². The number of amides is 2. The molecule has 0 aromatic heterocycles. The van der Waals surface area contributed by atoms with Gasteiger partial charge in [-0.1, -0.05) is 24.3 Å². The van der Waals surface area contributed by atoms with Gasteiger partial charge in [-0.2, -0.15) is 0 Å². The van der Waals surface area contributed by atoms with Gasteiger partial charge in [-0.15, -0.1) is 0 Å². The molecule has 2 aromatic carbocycles. The number of hydrogen-bond acceptors (Lipinski definition) is 2. The van der Waals surface area contributed by atoms with Crippen LogP contribution in [0.15, 0.2) is 48.5 Å². The highest BCUT2D eigenvalue weighted by molar-refractivity contribution is 5.96. The van der Waals surface area contributed by atoms with Crippen molar-refractivity contribution in [3.63, 3.8) is 0 Å². The highest BCUT2D eigenvalue weighted by Crippen LogP contribution is 2.28. The van der Waals surface area contributed by atoms with Crippen LogP contribution in [0, 0.1) is 11.6 Å². The fraction of sp³-hybridized carbons (Fsp3) is 0.263. The van der Waals surface area contributed by atoms with E-state index in [1.165, 1.54) is 30.3 Å². The summed E-state index contributed by atoms with van der Waals surface area (Å²) in [6.45, 7) is 0.157. The second-order valence-electron chi connectivity index (χ2n) is 6.04. The van der Waals surface area contributed by atoms with E-state index in [1.807, 2.05) is 0 Å². The Bertz CT molecular complexity index is 773. The molecular weight excluding hydrogens is 326 g/mol. The van der Waals surface area contributed by atoms with Crippen molar-refractivity contribution in [1.29, 1.82) is 0 Å². The van der Waals surface area contributed by atoms with Gasteiger partial charge in [0.25, 0.3) is 5.91 Å². The predicted octanol–water partition coefficient (Wildman–Crippen LogP) is 2.89. The van der Waals surface area contributed by atoms with E-state index in [2.05, 4.69) is 5.32 Å². The third kappa shape index (κ3) is 4.41. The van der Waals surface area contributed by atoms with Crippen LogP contribution in [-0.2, 0) is 11.3 Å². The molecule has 0 aliphatic heterocycles. The summed E-state index contributed by atoms with van der Waals surface area (Å²) in [5.74, 6) is -1.82. The normalized spacial score (nSPS) is 13.4. The van der Waals surface area contributed by atoms with Crippen LogP contribution in [0.4, 0.5) is 8.78 Å². The summed E-state index contributed by atoms with van der Waals surface area (Å²) in [4.78, 5) is 26.1. The summed E-state index contributed by atoms with van der Waals surface area (Å²) in [5, 5.41) is 2.47. The molecule has 25 heavy (non-hydrogen) atoms. The first-order valence-corrected chi connectivity index (χ1v) is 8.11. The summed E-state index contributed by atoms with van der Waals surface area (Å²) < 4.78 is 26.6. The van der Waals surface area contributed by atoms with Gasteiger partial charge in [-0.3, -0.25) is 9.59 Å². The third-order valence-corrected chi connectivity index (χ3v) is 4.09. The molecule has 1 saturated carbocycles. The lowest BCUT2D eigenvalue weighted by atomic mass is 10.2. The maximum Gasteiger partial charge on any atom is 0.254 e.